The van der Waals surface area contributed by atoms with Gasteiger partial charge in [-0.2, -0.15) is 0 Å². The number of rotatable bonds is 1. The summed E-state index contributed by atoms with van der Waals surface area (Å²) >= 11 is 0. The molecule has 0 N–H and O–H groups in total. The van der Waals surface area contributed by atoms with E-state index >= 15 is 0 Å². The van der Waals surface area contributed by atoms with Crippen LogP contribution in [0.1, 0.15) is 18.3 Å². The van der Waals surface area contributed by atoms with Crippen LogP contribution in [0.3, 0.4) is 0 Å². The van der Waals surface area contributed by atoms with Crippen LogP contribution in [0.5, 0.6) is 0 Å². The highest BCUT2D eigenvalue weighted by molar-refractivity contribution is 5.44. The van der Waals surface area contributed by atoms with Gasteiger partial charge >= 0.3 is 0 Å². The third-order valence-electron chi connectivity index (χ3n) is 2.02. The first-order valence-corrected chi connectivity index (χ1v) is 4.10. The second-order valence-electron chi connectivity index (χ2n) is 2.82. The van der Waals surface area contributed by atoms with Crippen molar-refractivity contribution < 1.29 is 0 Å². The van der Waals surface area contributed by atoms with Crippen LogP contribution in [0.4, 0.5) is 0 Å². The first-order valence-electron chi connectivity index (χ1n) is 4.10. The second-order valence-corrected chi connectivity index (χ2v) is 2.82. The van der Waals surface area contributed by atoms with E-state index in [1.807, 2.05) is 25.5 Å². The lowest BCUT2D eigenvalue weighted by Gasteiger charge is -2.01. The van der Waals surface area contributed by atoms with Crippen LogP contribution in [-0.4, -0.2) is 14.4 Å². The summed E-state index contributed by atoms with van der Waals surface area (Å²) < 4.78 is 2.06. The van der Waals surface area contributed by atoms with Crippen molar-refractivity contribution in [3.05, 3.63) is 30.0 Å². The van der Waals surface area contributed by atoms with Gasteiger partial charge in [0.2, 0.25) is 0 Å². The highest BCUT2D eigenvalue weighted by Crippen LogP contribution is 2.08. The summed E-state index contributed by atoms with van der Waals surface area (Å²) in [5.41, 5.74) is 3.17. The maximum atomic E-state index is 4.31. The zero-order valence-electron chi connectivity index (χ0n) is 7.28. The van der Waals surface area contributed by atoms with Crippen LogP contribution < -0.4 is 0 Å². The Kier molecular flexibility index (Phi) is 1.57. The van der Waals surface area contributed by atoms with Gasteiger partial charge < -0.3 is 4.40 Å². The first-order chi connectivity index (χ1) is 5.83. The van der Waals surface area contributed by atoms with E-state index in [9.17, 15) is 0 Å². The average molecular weight is 161 g/mol. The van der Waals surface area contributed by atoms with Gasteiger partial charge in [0.25, 0.3) is 0 Å². The molecule has 3 nitrogen and oxygen atoms in total. The Bertz CT molecular complexity index is 403. The topological polar surface area (TPSA) is 30.2 Å². The number of hydrogen-bond acceptors (Lipinski definition) is 2. The predicted molar refractivity (Wildman–Crippen MR) is 47.1 cm³/mol. The van der Waals surface area contributed by atoms with Gasteiger partial charge in [-0.25, -0.2) is 4.98 Å². The minimum atomic E-state index is 0.931. The van der Waals surface area contributed by atoms with Gasteiger partial charge in [-0.05, 0) is 13.3 Å². The van der Waals surface area contributed by atoms with E-state index in [2.05, 4.69) is 21.3 Å². The minimum Gasteiger partial charge on any atom is -0.301 e. The molecule has 0 radical (unpaired) electrons. The van der Waals surface area contributed by atoms with Gasteiger partial charge in [-0.15, -0.1) is 0 Å². The zero-order valence-corrected chi connectivity index (χ0v) is 7.28. The third kappa shape index (κ3) is 0.897. The van der Waals surface area contributed by atoms with Gasteiger partial charge in [-0.3, -0.25) is 4.98 Å². The molecule has 0 aromatic carbocycles. The van der Waals surface area contributed by atoms with E-state index in [0.29, 0.717) is 0 Å². The van der Waals surface area contributed by atoms with Gasteiger partial charge in [0.15, 0.2) is 5.65 Å². The number of nitrogens with zero attached hydrogens (tertiary/aromatic N) is 3. The molecule has 0 saturated heterocycles. The molecule has 62 valence electrons. The molecule has 0 amide bonds. The van der Waals surface area contributed by atoms with Crippen molar-refractivity contribution in [3.8, 4) is 0 Å². The lowest BCUT2D eigenvalue weighted by Crippen LogP contribution is -1.97. The smallest absolute Gasteiger partial charge is 0.158 e. The summed E-state index contributed by atoms with van der Waals surface area (Å²) in [5.74, 6) is 0. The molecule has 2 rings (SSSR count). The number of aromatic nitrogens is 3. The highest BCUT2D eigenvalue weighted by Gasteiger charge is 2.02. The molecule has 0 aliphatic heterocycles. The Morgan fingerprint density at radius 3 is 3.00 bits per heavy atom. The maximum absolute atomic E-state index is 4.31. The molecule has 2 aromatic rings. The van der Waals surface area contributed by atoms with Crippen LogP contribution >= 0.6 is 0 Å². The molecule has 2 aromatic heterocycles. The molecule has 0 aliphatic carbocycles. The lowest BCUT2D eigenvalue weighted by molar-refractivity contribution is 0.962. The average Bonchev–Trinajstić information content (AvgIpc) is 2.54. The van der Waals surface area contributed by atoms with E-state index in [-0.39, 0.29) is 0 Å². The van der Waals surface area contributed by atoms with Crippen LogP contribution in [0.25, 0.3) is 5.65 Å². The third-order valence-corrected chi connectivity index (χ3v) is 2.02. The first kappa shape index (κ1) is 7.28. The van der Waals surface area contributed by atoms with Crippen LogP contribution in [-0.2, 0) is 6.42 Å². The van der Waals surface area contributed by atoms with Crippen molar-refractivity contribution in [3.63, 3.8) is 0 Å². The molecule has 3 heteroatoms. The van der Waals surface area contributed by atoms with Crippen molar-refractivity contribution in [1.29, 1.82) is 0 Å². The van der Waals surface area contributed by atoms with Gasteiger partial charge in [0, 0.05) is 24.3 Å². The normalized spacial score (nSPS) is 10.8. The fourth-order valence-electron chi connectivity index (χ4n) is 1.34. The summed E-state index contributed by atoms with van der Waals surface area (Å²) in [6.45, 7) is 4.12. The maximum Gasteiger partial charge on any atom is 0.158 e. The molecule has 2 heterocycles. The highest BCUT2D eigenvalue weighted by atomic mass is 15.0. The van der Waals surface area contributed by atoms with E-state index in [1.54, 1.807) is 0 Å². The fraction of sp³-hybridized carbons (Fsp3) is 0.333. The van der Waals surface area contributed by atoms with Gasteiger partial charge in [0.1, 0.15) is 0 Å². The molecule has 0 spiro atoms. The molecule has 0 aliphatic rings. The van der Waals surface area contributed by atoms with Gasteiger partial charge in [-0.1, -0.05) is 6.92 Å². The molecular formula is C9H11N3. The SMILES string of the molecule is CCc1ncc(C)n2ccnc12. The van der Waals surface area contributed by atoms with Crippen molar-refractivity contribution in [1.82, 2.24) is 14.4 Å². The van der Waals surface area contributed by atoms with E-state index < -0.39 is 0 Å². The second kappa shape index (κ2) is 2.59. The Labute approximate surface area is 71.1 Å². The van der Waals surface area contributed by atoms with E-state index in [0.717, 1.165) is 23.5 Å². The predicted octanol–water partition coefficient (Wildman–Crippen LogP) is 1.60. The molecule has 0 unspecified atom stereocenters. The largest absolute Gasteiger partial charge is 0.301 e. The molecule has 12 heavy (non-hydrogen) atoms. The Morgan fingerprint density at radius 1 is 1.42 bits per heavy atom. The van der Waals surface area contributed by atoms with Crippen LogP contribution in [0.15, 0.2) is 18.6 Å². The quantitative estimate of drug-likeness (QED) is 0.636. The lowest BCUT2D eigenvalue weighted by atomic mass is 10.3. The minimum absolute atomic E-state index is 0.931. The summed E-state index contributed by atoms with van der Waals surface area (Å²) in [6, 6.07) is 0. The zero-order chi connectivity index (χ0) is 8.55. The summed E-state index contributed by atoms with van der Waals surface area (Å²) in [5, 5.41) is 0. The molecular weight excluding hydrogens is 150 g/mol. The van der Waals surface area contributed by atoms with Crippen molar-refractivity contribution >= 4 is 5.65 Å². The Hall–Kier alpha value is -1.38. The fourth-order valence-corrected chi connectivity index (χ4v) is 1.34. The number of imidazole rings is 1. The van der Waals surface area contributed by atoms with Crippen LogP contribution in [0.2, 0.25) is 0 Å². The summed E-state index contributed by atoms with van der Waals surface area (Å²) in [6.07, 6.45) is 6.59. The van der Waals surface area contributed by atoms with E-state index in [4.69, 9.17) is 0 Å². The molecule has 0 saturated carbocycles. The molecule has 0 atom stereocenters. The Balaban J connectivity index is 2.82. The van der Waals surface area contributed by atoms with Gasteiger partial charge in [0.05, 0.1) is 5.69 Å². The number of hydrogen-bond donors (Lipinski definition) is 0. The number of aryl methyl sites for hydroxylation is 2. The van der Waals surface area contributed by atoms with Crippen LogP contribution in [0, 0.1) is 6.92 Å². The summed E-state index contributed by atoms with van der Waals surface area (Å²) in [4.78, 5) is 8.56. The Morgan fingerprint density at radius 2 is 2.25 bits per heavy atom. The van der Waals surface area contributed by atoms with Crippen molar-refractivity contribution in [2.24, 2.45) is 0 Å². The molecule has 0 fully saturated rings. The molecule has 0 bridgehead atoms. The van der Waals surface area contributed by atoms with E-state index in [1.165, 1.54) is 0 Å². The summed E-state index contributed by atoms with van der Waals surface area (Å²) in [7, 11) is 0. The number of fused-ring (bicyclic) bond motifs is 1. The van der Waals surface area contributed by atoms with Crippen molar-refractivity contribution in [2.45, 2.75) is 20.3 Å². The van der Waals surface area contributed by atoms with Crippen molar-refractivity contribution in [2.75, 3.05) is 0 Å². The monoisotopic (exact) mass is 161 g/mol. The standard InChI is InChI=1S/C9H11N3/c1-3-8-9-10-4-5-12(9)7(2)6-11-8/h4-6H,3H2,1-2H3.